The monoisotopic (exact) mass is 387 g/mol. The molecular formula is C20H29N5O3. The smallest absolute Gasteiger partial charge is 0.241 e. The summed E-state index contributed by atoms with van der Waals surface area (Å²) in [5.74, 6) is 1.90. The van der Waals surface area contributed by atoms with Crippen molar-refractivity contribution in [3.8, 4) is 0 Å². The second-order valence-corrected chi connectivity index (χ2v) is 7.17. The number of carbonyl (C=O) groups excluding carboxylic acids is 1. The van der Waals surface area contributed by atoms with Crippen molar-refractivity contribution in [2.45, 2.75) is 38.3 Å². The van der Waals surface area contributed by atoms with E-state index in [2.05, 4.69) is 15.4 Å². The minimum absolute atomic E-state index is 0.0284. The lowest BCUT2D eigenvalue weighted by molar-refractivity contribution is -0.122. The molecule has 8 heteroatoms. The minimum atomic E-state index is -0.330. The molecule has 0 bridgehead atoms. The summed E-state index contributed by atoms with van der Waals surface area (Å²) in [5.41, 5.74) is 7.54. The highest BCUT2D eigenvalue weighted by Crippen LogP contribution is 2.32. The van der Waals surface area contributed by atoms with E-state index in [-0.39, 0.29) is 31.7 Å². The number of nitrogens with zero attached hydrogens (tertiary/aromatic N) is 3. The van der Waals surface area contributed by atoms with Crippen LogP contribution in [0.5, 0.6) is 0 Å². The van der Waals surface area contributed by atoms with Gasteiger partial charge in [0.15, 0.2) is 5.82 Å². The summed E-state index contributed by atoms with van der Waals surface area (Å²) in [7, 11) is 0. The molecule has 8 nitrogen and oxygen atoms in total. The van der Waals surface area contributed by atoms with Gasteiger partial charge in [0.1, 0.15) is 12.4 Å². The number of aromatic nitrogens is 3. The van der Waals surface area contributed by atoms with Crippen molar-refractivity contribution < 1.29 is 14.6 Å². The van der Waals surface area contributed by atoms with Crippen LogP contribution in [0.1, 0.15) is 36.1 Å². The minimum Gasteiger partial charge on any atom is -0.394 e. The van der Waals surface area contributed by atoms with Crippen LogP contribution in [0.15, 0.2) is 30.3 Å². The third-order valence-corrected chi connectivity index (χ3v) is 4.64. The van der Waals surface area contributed by atoms with Crippen molar-refractivity contribution in [1.82, 2.24) is 20.1 Å². The van der Waals surface area contributed by atoms with E-state index >= 15 is 0 Å². The van der Waals surface area contributed by atoms with E-state index in [9.17, 15) is 4.79 Å². The van der Waals surface area contributed by atoms with E-state index in [1.165, 1.54) is 12.8 Å². The van der Waals surface area contributed by atoms with Gasteiger partial charge in [-0.05, 0) is 30.7 Å². The van der Waals surface area contributed by atoms with E-state index in [1.807, 2.05) is 30.3 Å². The van der Waals surface area contributed by atoms with Crippen LogP contribution in [0, 0.1) is 5.92 Å². The predicted octanol–water partition coefficient (Wildman–Crippen LogP) is 0.598. The molecule has 0 saturated heterocycles. The van der Waals surface area contributed by atoms with Crippen molar-refractivity contribution in [1.29, 1.82) is 0 Å². The summed E-state index contributed by atoms with van der Waals surface area (Å²) >= 11 is 0. The van der Waals surface area contributed by atoms with Gasteiger partial charge in [0.2, 0.25) is 5.91 Å². The Balaban J connectivity index is 1.62. The fraction of sp³-hybridized carbons (Fsp3) is 0.550. The highest BCUT2D eigenvalue weighted by molar-refractivity contribution is 5.75. The van der Waals surface area contributed by atoms with Gasteiger partial charge in [-0.15, -0.1) is 0 Å². The lowest BCUT2D eigenvalue weighted by Gasteiger charge is -2.13. The summed E-state index contributed by atoms with van der Waals surface area (Å²) in [6.07, 6.45) is 3.91. The summed E-state index contributed by atoms with van der Waals surface area (Å²) in [5, 5.41) is 16.0. The van der Waals surface area contributed by atoms with Gasteiger partial charge in [-0.25, -0.2) is 9.67 Å². The average molecular weight is 387 g/mol. The quantitative estimate of drug-likeness (QED) is 0.459. The number of aliphatic hydroxyl groups excluding tert-OH is 1. The molecule has 4 N–H and O–H groups in total. The normalized spacial score (nSPS) is 14.8. The highest BCUT2D eigenvalue weighted by Gasteiger charge is 2.26. The zero-order valence-corrected chi connectivity index (χ0v) is 16.1. The van der Waals surface area contributed by atoms with Crippen molar-refractivity contribution in [2.24, 2.45) is 11.7 Å². The zero-order valence-electron chi connectivity index (χ0n) is 16.1. The van der Waals surface area contributed by atoms with Gasteiger partial charge in [-0.3, -0.25) is 4.79 Å². The molecule has 2 aromatic rings. The fourth-order valence-corrected chi connectivity index (χ4v) is 3.04. The first-order chi connectivity index (χ1) is 13.7. The van der Waals surface area contributed by atoms with Crippen molar-refractivity contribution in [2.75, 3.05) is 26.4 Å². The fourth-order valence-electron chi connectivity index (χ4n) is 3.04. The first-order valence-corrected chi connectivity index (χ1v) is 9.84. The van der Waals surface area contributed by atoms with E-state index in [1.54, 1.807) is 4.68 Å². The Hall–Kier alpha value is -2.29. The van der Waals surface area contributed by atoms with Gasteiger partial charge in [-0.1, -0.05) is 30.3 Å². The summed E-state index contributed by atoms with van der Waals surface area (Å²) in [6, 6.07) is 9.67. The molecule has 0 unspecified atom stereocenters. The van der Waals surface area contributed by atoms with Gasteiger partial charge in [-0.2, -0.15) is 5.10 Å². The molecule has 0 radical (unpaired) electrons. The van der Waals surface area contributed by atoms with Crippen LogP contribution >= 0.6 is 0 Å². The van der Waals surface area contributed by atoms with Gasteiger partial charge in [0, 0.05) is 13.0 Å². The standard InChI is InChI=1S/C20H29N5O3/c21-17(12-15-4-2-1-3-5-15)20-23-18(13-16-6-7-16)24-25(20)14-19(27)22-8-10-28-11-9-26/h1-5,16-17,26H,6-14,21H2,(H,22,27)/t17-/m1/s1. The number of amides is 1. The van der Waals surface area contributed by atoms with Crippen LogP contribution < -0.4 is 11.1 Å². The predicted molar refractivity (Wildman–Crippen MR) is 104 cm³/mol. The Morgan fingerprint density at radius 3 is 2.82 bits per heavy atom. The van der Waals surface area contributed by atoms with Crippen molar-refractivity contribution in [3.05, 3.63) is 47.5 Å². The molecule has 1 saturated carbocycles. The molecular weight excluding hydrogens is 358 g/mol. The van der Waals surface area contributed by atoms with Crippen LogP contribution in [0.4, 0.5) is 0 Å². The molecule has 0 spiro atoms. The third kappa shape index (κ3) is 6.40. The molecule has 1 amide bonds. The zero-order chi connectivity index (χ0) is 19.8. The molecule has 1 aromatic carbocycles. The Morgan fingerprint density at radius 1 is 1.32 bits per heavy atom. The van der Waals surface area contributed by atoms with Crippen LogP contribution in [-0.2, 0) is 28.9 Å². The second-order valence-electron chi connectivity index (χ2n) is 7.17. The number of nitrogens with two attached hydrogens (primary N) is 1. The first kappa shape index (κ1) is 20.4. The van der Waals surface area contributed by atoms with Crippen LogP contribution in [0.3, 0.4) is 0 Å². The van der Waals surface area contributed by atoms with Gasteiger partial charge >= 0.3 is 0 Å². The topological polar surface area (TPSA) is 115 Å². The Kier molecular flexibility index (Phi) is 7.53. The largest absolute Gasteiger partial charge is 0.394 e. The average Bonchev–Trinajstić information content (AvgIpc) is 3.41. The molecule has 152 valence electrons. The Labute approximate surface area is 165 Å². The third-order valence-electron chi connectivity index (χ3n) is 4.64. The second kappa shape index (κ2) is 10.3. The SMILES string of the molecule is N[C@H](Cc1ccccc1)c1nc(CC2CC2)nn1CC(=O)NCCOCCO. The number of carbonyl (C=O) groups is 1. The summed E-state index contributed by atoms with van der Waals surface area (Å²) in [6.45, 7) is 1.06. The van der Waals surface area contributed by atoms with E-state index in [4.69, 9.17) is 15.6 Å². The van der Waals surface area contributed by atoms with Gasteiger partial charge in [0.05, 0.1) is 25.9 Å². The number of hydrogen-bond donors (Lipinski definition) is 3. The molecule has 1 heterocycles. The molecule has 1 atom stereocenters. The first-order valence-electron chi connectivity index (χ1n) is 9.84. The van der Waals surface area contributed by atoms with E-state index in [0.717, 1.165) is 17.8 Å². The molecule has 1 fully saturated rings. The lowest BCUT2D eigenvalue weighted by Crippen LogP contribution is -2.32. The van der Waals surface area contributed by atoms with Crippen LogP contribution in [0.25, 0.3) is 0 Å². The number of nitrogens with one attached hydrogen (secondary N) is 1. The maximum Gasteiger partial charge on any atom is 0.241 e. The molecule has 1 aliphatic carbocycles. The van der Waals surface area contributed by atoms with Crippen LogP contribution in [-0.4, -0.2) is 52.1 Å². The number of ether oxygens (including phenoxy) is 1. The molecule has 28 heavy (non-hydrogen) atoms. The van der Waals surface area contributed by atoms with Gasteiger partial charge < -0.3 is 20.9 Å². The summed E-state index contributed by atoms with van der Waals surface area (Å²) < 4.78 is 6.78. The van der Waals surface area contributed by atoms with Crippen LogP contribution in [0.2, 0.25) is 0 Å². The molecule has 1 aliphatic rings. The van der Waals surface area contributed by atoms with E-state index in [0.29, 0.717) is 31.3 Å². The van der Waals surface area contributed by atoms with Gasteiger partial charge in [0.25, 0.3) is 0 Å². The Bertz CT molecular complexity index is 746. The van der Waals surface area contributed by atoms with Crippen molar-refractivity contribution in [3.63, 3.8) is 0 Å². The maximum atomic E-state index is 12.3. The number of hydrogen-bond acceptors (Lipinski definition) is 6. The number of rotatable bonds is 12. The van der Waals surface area contributed by atoms with E-state index < -0.39 is 0 Å². The highest BCUT2D eigenvalue weighted by atomic mass is 16.5. The summed E-state index contributed by atoms with van der Waals surface area (Å²) in [4.78, 5) is 16.9. The number of benzene rings is 1. The molecule has 0 aliphatic heterocycles. The number of aliphatic hydroxyl groups is 1. The molecule has 3 rings (SSSR count). The van der Waals surface area contributed by atoms with Crippen molar-refractivity contribution >= 4 is 5.91 Å². The lowest BCUT2D eigenvalue weighted by atomic mass is 10.1. The Morgan fingerprint density at radius 2 is 2.11 bits per heavy atom. The maximum absolute atomic E-state index is 12.3. The molecule has 1 aromatic heterocycles.